The smallest absolute Gasteiger partial charge is 0.211 e. The number of para-hydroxylation sites is 1. The predicted molar refractivity (Wildman–Crippen MR) is 80.3 cm³/mol. The number of hydrogen-bond donors (Lipinski definition) is 0. The van der Waals surface area contributed by atoms with E-state index in [9.17, 15) is 13.2 Å². The minimum atomic E-state index is -2.95. The van der Waals surface area contributed by atoms with Crippen LogP contribution < -0.4 is 0 Å². The van der Waals surface area contributed by atoms with E-state index >= 15 is 0 Å². The molecule has 2 aromatic rings. The third kappa shape index (κ3) is 3.33. The first kappa shape index (κ1) is 14.3. The lowest BCUT2D eigenvalue weighted by atomic mass is 10.2. The van der Waals surface area contributed by atoms with Crippen LogP contribution in [0.5, 0.6) is 0 Å². The van der Waals surface area contributed by atoms with E-state index in [1.807, 2.05) is 29.2 Å². The van der Waals surface area contributed by atoms with Gasteiger partial charge < -0.3 is 4.42 Å². The van der Waals surface area contributed by atoms with Crippen molar-refractivity contribution < 1.29 is 17.6 Å². The van der Waals surface area contributed by atoms with E-state index in [-0.39, 0.29) is 23.8 Å². The maximum absolute atomic E-state index is 12.3. The zero-order chi connectivity index (χ0) is 14.9. The van der Waals surface area contributed by atoms with Crippen molar-refractivity contribution in [3.05, 3.63) is 36.1 Å². The number of furan rings is 1. The Kier molecular flexibility index (Phi) is 3.82. The molecule has 1 saturated heterocycles. The second kappa shape index (κ2) is 5.61. The van der Waals surface area contributed by atoms with Crippen molar-refractivity contribution in [3.63, 3.8) is 0 Å². The number of ketones is 1. The zero-order valence-electron chi connectivity index (χ0n) is 11.6. The molecule has 0 amide bonds. The molecule has 0 bridgehead atoms. The van der Waals surface area contributed by atoms with Crippen LogP contribution in [0.3, 0.4) is 0 Å². The van der Waals surface area contributed by atoms with Crippen LogP contribution in [0.1, 0.15) is 17.0 Å². The number of carbonyl (C=O) groups is 1. The van der Waals surface area contributed by atoms with Crippen LogP contribution in [0.25, 0.3) is 11.0 Å². The van der Waals surface area contributed by atoms with E-state index in [0.717, 1.165) is 5.39 Å². The largest absolute Gasteiger partial charge is 0.453 e. The summed E-state index contributed by atoms with van der Waals surface area (Å²) in [5.74, 6) is 0.566. The van der Waals surface area contributed by atoms with Crippen molar-refractivity contribution in [3.8, 4) is 0 Å². The van der Waals surface area contributed by atoms with Crippen molar-refractivity contribution in [1.82, 2.24) is 4.90 Å². The molecule has 6 heteroatoms. The summed E-state index contributed by atoms with van der Waals surface area (Å²) in [6.07, 6.45) is 0.579. The van der Waals surface area contributed by atoms with Gasteiger partial charge in [0.2, 0.25) is 5.78 Å². The van der Waals surface area contributed by atoms with Crippen molar-refractivity contribution >= 4 is 26.6 Å². The number of benzene rings is 1. The molecule has 2 heterocycles. The van der Waals surface area contributed by atoms with Crippen molar-refractivity contribution in [1.29, 1.82) is 0 Å². The Morgan fingerprint density at radius 1 is 1.19 bits per heavy atom. The minimum absolute atomic E-state index is 0.106. The Hall–Kier alpha value is -1.66. The third-order valence-corrected chi connectivity index (χ3v) is 5.43. The fraction of sp³-hybridized carbons (Fsp3) is 0.400. The van der Waals surface area contributed by atoms with Gasteiger partial charge in [-0.05, 0) is 25.1 Å². The van der Waals surface area contributed by atoms with E-state index in [1.54, 1.807) is 6.07 Å². The first-order valence-corrected chi connectivity index (χ1v) is 8.80. The van der Waals surface area contributed by atoms with Gasteiger partial charge in [0.15, 0.2) is 15.6 Å². The summed E-state index contributed by atoms with van der Waals surface area (Å²) >= 11 is 0. The first-order valence-electron chi connectivity index (χ1n) is 6.98. The average molecular weight is 307 g/mol. The van der Waals surface area contributed by atoms with Gasteiger partial charge in [0.1, 0.15) is 5.58 Å². The van der Waals surface area contributed by atoms with E-state index in [2.05, 4.69) is 0 Å². The normalized spacial score (nSPS) is 19.4. The predicted octanol–water partition coefficient (Wildman–Crippen LogP) is 1.74. The molecule has 0 spiro atoms. The lowest BCUT2D eigenvalue weighted by molar-refractivity contribution is 0.0910. The fourth-order valence-corrected chi connectivity index (χ4v) is 3.86. The van der Waals surface area contributed by atoms with E-state index in [4.69, 9.17) is 4.42 Å². The van der Waals surface area contributed by atoms with Gasteiger partial charge in [-0.3, -0.25) is 9.69 Å². The van der Waals surface area contributed by atoms with Crippen LogP contribution in [0, 0.1) is 0 Å². The maximum Gasteiger partial charge on any atom is 0.211 e. The Labute approximate surface area is 123 Å². The van der Waals surface area contributed by atoms with Gasteiger partial charge in [-0.15, -0.1) is 0 Å². The molecule has 0 N–H and O–H groups in total. The number of fused-ring (bicyclic) bond motifs is 1. The molecule has 1 fully saturated rings. The van der Waals surface area contributed by atoms with Gasteiger partial charge in [0, 0.05) is 11.9 Å². The van der Waals surface area contributed by atoms with Gasteiger partial charge in [-0.2, -0.15) is 0 Å². The molecule has 0 aliphatic carbocycles. The van der Waals surface area contributed by atoms with Crippen molar-refractivity contribution in [2.24, 2.45) is 0 Å². The number of sulfone groups is 1. The van der Waals surface area contributed by atoms with E-state index < -0.39 is 9.84 Å². The molecule has 1 aromatic carbocycles. The number of carbonyl (C=O) groups excluding carboxylic acids is 1. The monoisotopic (exact) mass is 307 g/mol. The van der Waals surface area contributed by atoms with Crippen molar-refractivity contribution in [2.45, 2.75) is 6.42 Å². The minimum Gasteiger partial charge on any atom is -0.453 e. The van der Waals surface area contributed by atoms with Crippen LogP contribution in [0.15, 0.2) is 34.7 Å². The molecule has 112 valence electrons. The van der Waals surface area contributed by atoms with Gasteiger partial charge in [0.05, 0.1) is 18.1 Å². The van der Waals surface area contributed by atoms with Crippen LogP contribution in [-0.4, -0.2) is 50.2 Å². The fourth-order valence-electron chi connectivity index (χ4n) is 2.55. The molecular formula is C15H17NO4S. The number of nitrogens with zero attached hydrogens (tertiary/aromatic N) is 1. The zero-order valence-corrected chi connectivity index (χ0v) is 12.4. The first-order chi connectivity index (χ1) is 10.0. The molecule has 1 aliphatic rings. The number of rotatable bonds is 3. The third-order valence-electron chi connectivity index (χ3n) is 3.72. The second-order valence-corrected chi connectivity index (χ2v) is 7.66. The SMILES string of the molecule is O=C(CN1CCCS(=O)(=O)CC1)c1cc2ccccc2o1. The highest BCUT2D eigenvalue weighted by Gasteiger charge is 2.22. The van der Waals surface area contributed by atoms with E-state index in [0.29, 0.717) is 30.9 Å². The van der Waals surface area contributed by atoms with Crippen molar-refractivity contribution in [2.75, 3.05) is 31.1 Å². The number of Topliss-reactive ketones (excluding diaryl/α,β-unsaturated/α-hetero) is 1. The molecule has 0 saturated carbocycles. The molecule has 0 unspecified atom stereocenters. The summed E-state index contributed by atoms with van der Waals surface area (Å²) in [5.41, 5.74) is 0.694. The number of hydrogen-bond acceptors (Lipinski definition) is 5. The summed E-state index contributed by atoms with van der Waals surface area (Å²) < 4.78 is 28.7. The lowest BCUT2D eigenvalue weighted by Crippen LogP contribution is -2.32. The lowest BCUT2D eigenvalue weighted by Gasteiger charge is -2.17. The summed E-state index contributed by atoms with van der Waals surface area (Å²) in [5, 5.41) is 0.902. The Morgan fingerprint density at radius 2 is 2.00 bits per heavy atom. The molecule has 1 aromatic heterocycles. The molecular weight excluding hydrogens is 290 g/mol. The Morgan fingerprint density at radius 3 is 2.81 bits per heavy atom. The van der Waals surface area contributed by atoms with Gasteiger partial charge in [-0.1, -0.05) is 18.2 Å². The molecule has 0 radical (unpaired) electrons. The quantitative estimate of drug-likeness (QED) is 0.808. The highest BCUT2D eigenvalue weighted by molar-refractivity contribution is 7.91. The molecule has 21 heavy (non-hydrogen) atoms. The Bertz CT molecular complexity index is 730. The summed E-state index contributed by atoms with van der Waals surface area (Å²) in [7, 11) is -2.95. The van der Waals surface area contributed by atoms with Gasteiger partial charge >= 0.3 is 0 Å². The van der Waals surface area contributed by atoms with Crippen LogP contribution in [-0.2, 0) is 9.84 Å². The Balaban J connectivity index is 1.71. The molecule has 5 nitrogen and oxygen atoms in total. The second-order valence-electron chi connectivity index (χ2n) is 5.35. The standard InChI is InChI=1S/C15H17NO4S/c17-13(11-16-6-3-8-21(18,19)9-7-16)15-10-12-4-1-2-5-14(12)20-15/h1-2,4-5,10H,3,6-9,11H2. The summed E-state index contributed by atoms with van der Waals surface area (Å²) in [4.78, 5) is 14.2. The van der Waals surface area contributed by atoms with E-state index in [1.165, 1.54) is 0 Å². The molecule has 1 aliphatic heterocycles. The molecule has 3 rings (SSSR count). The summed E-state index contributed by atoms with van der Waals surface area (Å²) in [6, 6.07) is 9.22. The molecule has 0 atom stereocenters. The van der Waals surface area contributed by atoms with Gasteiger partial charge in [0.25, 0.3) is 0 Å². The van der Waals surface area contributed by atoms with Crippen LogP contribution in [0.2, 0.25) is 0 Å². The average Bonchev–Trinajstić information content (AvgIpc) is 2.81. The highest BCUT2D eigenvalue weighted by Crippen LogP contribution is 2.19. The van der Waals surface area contributed by atoms with Gasteiger partial charge in [-0.25, -0.2) is 8.42 Å². The van der Waals surface area contributed by atoms with Crippen LogP contribution >= 0.6 is 0 Å². The summed E-state index contributed by atoms with van der Waals surface area (Å²) in [6.45, 7) is 1.24. The highest BCUT2D eigenvalue weighted by atomic mass is 32.2. The maximum atomic E-state index is 12.3. The topological polar surface area (TPSA) is 67.6 Å². The van der Waals surface area contributed by atoms with Crippen LogP contribution in [0.4, 0.5) is 0 Å².